The highest BCUT2D eigenvalue weighted by Crippen LogP contribution is 2.11. The maximum absolute atomic E-state index is 13.2. The zero-order chi connectivity index (χ0) is 20.1. The fourth-order valence-corrected chi connectivity index (χ4v) is 3.11. The van der Waals surface area contributed by atoms with Crippen molar-refractivity contribution in [3.8, 4) is 0 Å². The second-order valence-corrected chi connectivity index (χ2v) is 7.24. The van der Waals surface area contributed by atoms with Crippen LogP contribution in [0.5, 0.6) is 0 Å². The molecule has 28 heavy (non-hydrogen) atoms. The molecule has 0 fully saturated rings. The van der Waals surface area contributed by atoms with E-state index in [4.69, 9.17) is 0 Å². The van der Waals surface area contributed by atoms with Gasteiger partial charge in [-0.25, -0.2) is 13.8 Å². The minimum Gasteiger partial charge on any atom is -0.348 e. The number of halogens is 2. The molecule has 0 bridgehead atoms. The van der Waals surface area contributed by atoms with E-state index in [1.807, 2.05) is 6.92 Å². The maximum Gasteiger partial charge on any atom is 0.270 e. The van der Waals surface area contributed by atoms with E-state index in [0.29, 0.717) is 18.2 Å². The molecule has 0 aliphatic heterocycles. The molecule has 2 aromatic heterocycles. The molecule has 144 valence electrons. The van der Waals surface area contributed by atoms with E-state index in [2.05, 4.69) is 20.6 Å². The lowest BCUT2D eigenvalue weighted by molar-refractivity contribution is 0.0938. The number of amides is 2. The van der Waals surface area contributed by atoms with Gasteiger partial charge >= 0.3 is 0 Å². The summed E-state index contributed by atoms with van der Waals surface area (Å²) < 4.78 is 26.3. The first-order valence-corrected chi connectivity index (χ1v) is 9.11. The van der Waals surface area contributed by atoms with Crippen LogP contribution >= 0.6 is 11.3 Å². The van der Waals surface area contributed by atoms with E-state index in [0.717, 1.165) is 22.0 Å². The van der Waals surface area contributed by atoms with E-state index in [9.17, 15) is 18.4 Å². The van der Waals surface area contributed by atoms with E-state index in [1.54, 1.807) is 12.3 Å². The first-order valence-electron chi connectivity index (χ1n) is 8.29. The van der Waals surface area contributed by atoms with Gasteiger partial charge in [0.25, 0.3) is 11.8 Å². The third-order valence-electron chi connectivity index (χ3n) is 3.73. The summed E-state index contributed by atoms with van der Waals surface area (Å²) in [4.78, 5) is 33.3. The summed E-state index contributed by atoms with van der Waals surface area (Å²) in [5.41, 5.74) is 0.767. The zero-order valence-electron chi connectivity index (χ0n) is 14.8. The number of hydrogen-bond donors (Lipinski definition) is 2. The van der Waals surface area contributed by atoms with Crippen molar-refractivity contribution in [2.75, 3.05) is 0 Å². The van der Waals surface area contributed by atoms with Crippen molar-refractivity contribution in [3.05, 3.63) is 81.1 Å². The lowest BCUT2D eigenvalue weighted by Gasteiger charge is -2.07. The molecule has 0 unspecified atom stereocenters. The van der Waals surface area contributed by atoms with E-state index >= 15 is 0 Å². The fourth-order valence-electron chi connectivity index (χ4n) is 2.38. The standard InChI is InChI=1S/C19H16F2N4O2S/c1-11-22-9-16(28-11)10-25-19(27)17-3-2-12(7-23-17)8-24-18(26)13-4-14(20)6-15(21)5-13/h2-7,9H,8,10H2,1H3,(H,24,26)(H,25,27). The highest BCUT2D eigenvalue weighted by atomic mass is 32.1. The Morgan fingerprint density at radius 3 is 2.29 bits per heavy atom. The van der Waals surface area contributed by atoms with Gasteiger partial charge in [0.15, 0.2) is 0 Å². The Hall–Kier alpha value is -3.20. The van der Waals surface area contributed by atoms with Gasteiger partial charge in [-0.1, -0.05) is 6.07 Å². The van der Waals surface area contributed by atoms with E-state index < -0.39 is 17.5 Å². The summed E-state index contributed by atoms with van der Waals surface area (Å²) in [7, 11) is 0. The topological polar surface area (TPSA) is 84.0 Å². The zero-order valence-corrected chi connectivity index (χ0v) is 15.6. The van der Waals surface area contributed by atoms with Crippen LogP contribution in [-0.4, -0.2) is 21.8 Å². The highest BCUT2D eigenvalue weighted by molar-refractivity contribution is 7.11. The Kier molecular flexibility index (Phi) is 6.05. The minimum absolute atomic E-state index is 0.103. The normalized spacial score (nSPS) is 10.5. The number of carbonyl (C=O) groups is 2. The van der Waals surface area contributed by atoms with Gasteiger partial charge in [-0.2, -0.15) is 0 Å². The number of benzene rings is 1. The average molecular weight is 402 g/mol. The molecule has 0 radical (unpaired) electrons. The molecule has 0 aliphatic carbocycles. The Morgan fingerprint density at radius 1 is 0.964 bits per heavy atom. The molecule has 9 heteroatoms. The number of rotatable bonds is 6. The monoisotopic (exact) mass is 402 g/mol. The number of pyridine rings is 1. The molecule has 3 aromatic rings. The Balaban J connectivity index is 1.53. The average Bonchev–Trinajstić information content (AvgIpc) is 3.09. The second-order valence-electron chi connectivity index (χ2n) is 5.92. The molecule has 0 spiro atoms. The molecule has 2 N–H and O–H groups in total. The van der Waals surface area contributed by atoms with Gasteiger partial charge in [0.1, 0.15) is 17.3 Å². The number of carbonyl (C=O) groups excluding carboxylic acids is 2. The number of thiazole rings is 1. The van der Waals surface area contributed by atoms with Crippen molar-refractivity contribution in [3.63, 3.8) is 0 Å². The quantitative estimate of drug-likeness (QED) is 0.664. The SMILES string of the molecule is Cc1ncc(CNC(=O)c2ccc(CNC(=O)c3cc(F)cc(F)c3)cn2)s1. The molecular formula is C19H16F2N4O2S. The van der Waals surface area contributed by atoms with Gasteiger partial charge in [-0.3, -0.25) is 14.6 Å². The van der Waals surface area contributed by atoms with Gasteiger partial charge in [0.2, 0.25) is 0 Å². The third kappa shape index (κ3) is 5.17. The molecule has 6 nitrogen and oxygen atoms in total. The van der Waals surface area contributed by atoms with E-state index in [-0.39, 0.29) is 23.7 Å². The summed E-state index contributed by atoms with van der Waals surface area (Å²) in [5, 5.41) is 6.23. The number of hydrogen-bond acceptors (Lipinski definition) is 5. The second kappa shape index (κ2) is 8.66. The molecule has 0 atom stereocenters. The van der Waals surface area contributed by atoms with Crippen LogP contribution in [-0.2, 0) is 13.1 Å². The van der Waals surface area contributed by atoms with Crippen molar-refractivity contribution in [1.29, 1.82) is 0 Å². The molecule has 0 aliphatic rings. The molecule has 2 amide bonds. The van der Waals surface area contributed by atoms with Crippen LogP contribution in [0.1, 0.15) is 36.3 Å². The van der Waals surface area contributed by atoms with Crippen LogP contribution in [0.2, 0.25) is 0 Å². The first-order chi connectivity index (χ1) is 13.4. The number of nitrogens with zero attached hydrogens (tertiary/aromatic N) is 2. The Bertz CT molecular complexity index is 985. The summed E-state index contributed by atoms with van der Waals surface area (Å²) in [6.07, 6.45) is 3.17. The van der Waals surface area contributed by atoms with Crippen LogP contribution in [0.25, 0.3) is 0 Å². The summed E-state index contributed by atoms with van der Waals surface area (Å²) in [6, 6.07) is 5.78. The fraction of sp³-hybridized carbons (Fsp3) is 0.158. The predicted molar refractivity (Wildman–Crippen MR) is 99.8 cm³/mol. The molecular weight excluding hydrogens is 386 g/mol. The van der Waals surface area contributed by atoms with Gasteiger partial charge in [0.05, 0.1) is 11.6 Å². The van der Waals surface area contributed by atoms with Gasteiger partial charge < -0.3 is 10.6 Å². The Morgan fingerprint density at radius 2 is 1.68 bits per heavy atom. The number of aromatic nitrogens is 2. The van der Waals surface area contributed by atoms with Crippen molar-refractivity contribution >= 4 is 23.2 Å². The van der Waals surface area contributed by atoms with Crippen LogP contribution in [0, 0.1) is 18.6 Å². The highest BCUT2D eigenvalue weighted by Gasteiger charge is 2.11. The Labute approximate surface area is 163 Å². The van der Waals surface area contributed by atoms with Crippen LogP contribution in [0.3, 0.4) is 0 Å². The van der Waals surface area contributed by atoms with Gasteiger partial charge in [-0.05, 0) is 30.7 Å². The van der Waals surface area contributed by atoms with Crippen molar-refractivity contribution in [2.24, 2.45) is 0 Å². The van der Waals surface area contributed by atoms with Crippen LogP contribution < -0.4 is 10.6 Å². The molecule has 0 saturated carbocycles. The first kappa shape index (κ1) is 19.6. The molecule has 3 rings (SSSR count). The summed E-state index contributed by atoms with van der Waals surface area (Å²) >= 11 is 1.50. The molecule has 1 aromatic carbocycles. The maximum atomic E-state index is 13.2. The van der Waals surface area contributed by atoms with Crippen LogP contribution in [0.15, 0.2) is 42.7 Å². The lowest BCUT2D eigenvalue weighted by Crippen LogP contribution is -2.24. The van der Waals surface area contributed by atoms with Crippen molar-refractivity contribution in [1.82, 2.24) is 20.6 Å². The minimum atomic E-state index is -0.823. The smallest absolute Gasteiger partial charge is 0.270 e. The van der Waals surface area contributed by atoms with Crippen molar-refractivity contribution < 1.29 is 18.4 Å². The van der Waals surface area contributed by atoms with E-state index in [1.165, 1.54) is 23.6 Å². The predicted octanol–water partition coefficient (Wildman–Crippen LogP) is 2.98. The summed E-state index contributed by atoms with van der Waals surface area (Å²) in [6.45, 7) is 2.36. The molecule has 0 saturated heterocycles. The number of nitrogens with one attached hydrogen (secondary N) is 2. The third-order valence-corrected chi connectivity index (χ3v) is 4.64. The van der Waals surface area contributed by atoms with Crippen LogP contribution in [0.4, 0.5) is 8.78 Å². The number of aryl methyl sites for hydroxylation is 1. The van der Waals surface area contributed by atoms with Crippen molar-refractivity contribution in [2.45, 2.75) is 20.0 Å². The largest absolute Gasteiger partial charge is 0.348 e. The lowest BCUT2D eigenvalue weighted by atomic mass is 10.2. The summed E-state index contributed by atoms with van der Waals surface area (Å²) in [5.74, 6) is -2.58. The van der Waals surface area contributed by atoms with Gasteiger partial charge in [0, 0.05) is 35.4 Å². The molecule has 2 heterocycles. The van der Waals surface area contributed by atoms with Gasteiger partial charge in [-0.15, -0.1) is 11.3 Å².